The lowest BCUT2D eigenvalue weighted by Gasteiger charge is -2.05. The number of hydrogen-bond donors (Lipinski definition) is 3. The van der Waals surface area contributed by atoms with Crippen molar-refractivity contribution >= 4 is 29.4 Å². The van der Waals surface area contributed by atoms with Gasteiger partial charge in [0, 0.05) is 23.4 Å². The van der Waals surface area contributed by atoms with Crippen molar-refractivity contribution in [3.05, 3.63) is 54.0 Å². The van der Waals surface area contributed by atoms with Gasteiger partial charge in [-0.25, -0.2) is 4.79 Å². The monoisotopic (exact) mass is 325 g/mol. The van der Waals surface area contributed by atoms with Gasteiger partial charge in [-0.05, 0) is 48.7 Å². The summed E-state index contributed by atoms with van der Waals surface area (Å²) in [6.07, 6.45) is 4.21. The van der Waals surface area contributed by atoms with Crippen molar-refractivity contribution in [1.29, 1.82) is 0 Å². The number of carbonyl (C=O) groups is 2. The molecule has 6 heteroatoms. The lowest BCUT2D eigenvalue weighted by molar-refractivity contribution is -0.111. The molecule has 1 fully saturated rings. The second kappa shape index (κ2) is 6.62. The van der Waals surface area contributed by atoms with Gasteiger partial charge < -0.3 is 20.8 Å². The number of hydrogen-bond acceptors (Lipinski definition) is 3. The second-order valence-electron chi connectivity index (χ2n) is 5.95. The summed E-state index contributed by atoms with van der Waals surface area (Å²) in [6.45, 7) is 2.19. The van der Waals surface area contributed by atoms with E-state index in [0.717, 1.165) is 12.2 Å². The first-order valence-corrected chi connectivity index (χ1v) is 7.76. The highest BCUT2D eigenvalue weighted by atomic mass is 16.3. The van der Waals surface area contributed by atoms with Crippen LogP contribution in [0.25, 0.3) is 6.08 Å². The molecule has 3 amide bonds. The number of furan rings is 1. The van der Waals surface area contributed by atoms with E-state index in [1.54, 1.807) is 30.3 Å². The van der Waals surface area contributed by atoms with Crippen molar-refractivity contribution in [3.8, 4) is 0 Å². The number of nitrogens with one attached hydrogen (secondary N) is 2. The molecular weight excluding hydrogens is 306 g/mol. The normalized spacial score (nSPS) is 19.2. The van der Waals surface area contributed by atoms with Crippen molar-refractivity contribution in [2.75, 3.05) is 10.6 Å². The van der Waals surface area contributed by atoms with Crippen LogP contribution in [0.5, 0.6) is 0 Å². The molecule has 2 unspecified atom stereocenters. The van der Waals surface area contributed by atoms with Crippen molar-refractivity contribution in [1.82, 2.24) is 0 Å². The van der Waals surface area contributed by atoms with Gasteiger partial charge in [-0.3, -0.25) is 4.79 Å². The highest BCUT2D eigenvalue weighted by molar-refractivity contribution is 6.02. The number of urea groups is 1. The number of benzene rings is 1. The van der Waals surface area contributed by atoms with E-state index >= 15 is 0 Å². The van der Waals surface area contributed by atoms with E-state index < -0.39 is 6.03 Å². The lowest BCUT2D eigenvalue weighted by atomic mass is 10.2. The highest BCUT2D eigenvalue weighted by Crippen LogP contribution is 2.47. The fourth-order valence-corrected chi connectivity index (χ4v) is 2.53. The quantitative estimate of drug-likeness (QED) is 0.733. The molecule has 3 rings (SSSR count). The van der Waals surface area contributed by atoms with Gasteiger partial charge in [-0.15, -0.1) is 0 Å². The maximum Gasteiger partial charge on any atom is 0.316 e. The average Bonchev–Trinajstić information content (AvgIpc) is 3.07. The number of nitrogens with two attached hydrogens (primary N) is 1. The molecule has 1 heterocycles. The number of anilines is 2. The molecule has 6 nitrogen and oxygen atoms in total. The zero-order chi connectivity index (χ0) is 17.1. The van der Waals surface area contributed by atoms with Gasteiger partial charge in [0.2, 0.25) is 5.91 Å². The molecule has 1 aliphatic carbocycles. The van der Waals surface area contributed by atoms with Crippen molar-refractivity contribution < 1.29 is 14.0 Å². The Balaban J connectivity index is 1.59. The third-order valence-corrected chi connectivity index (χ3v) is 3.92. The molecule has 0 aliphatic heterocycles. The largest absolute Gasteiger partial charge is 0.461 e. The van der Waals surface area contributed by atoms with Crippen LogP contribution in [0.1, 0.15) is 30.8 Å². The van der Waals surface area contributed by atoms with Gasteiger partial charge in [0.1, 0.15) is 11.5 Å². The van der Waals surface area contributed by atoms with E-state index in [4.69, 9.17) is 10.2 Å². The van der Waals surface area contributed by atoms with Crippen LogP contribution in [-0.2, 0) is 4.79 Å². The van der Waals surface area contributed by atoms with Gasteiger partial charge >= 0.3 is 6.03 Å². The van der Waals surface area contributed by atoms with Crippen LogP contribution in [0.3, 0.4) is 0 Å². The summed E-state index contributed by atoms with van der Waals surface area (Å²) in [5, 5.41) is 5.17. The first-order valence-electron chi connectivity index (χ1n) is 7.76. The molecule has 24 heavy (non-hydrogen) atoms. The van der Waals surface area contributed by atoms with Gasteiger partial charge in [0.25, 0.3) is 0 Å². The second-order valence-corrected chi connectivity index (χ2v) is 5.95. The van der Waals surface area contributed by atoms with Crippen LogP contribution in [0, 0.1) is 5.92 Å². The number of carbonyl (C=O) groups excluding carboxylic acids is 2. The third kappa shape index (κ3) is 4.04. The Morgan fingerprint density at radius 3 is 2.58 bits per heavy atom. The molecule has 4 N–H and O–H groups in total. The minimum absolute atomic E-state index is 0.288. The SMILES string of the molecule is CC1CC1c1ccc(/C=C/C(=O)Nc2cccc(NC(N)=O)c2)o1. The van der Waals surface area contributed by atoms with Crippen molar-refractivity contribution in [3.63, 3.8) is 0 Å². The molecule has 0 bridgehead atoms. The molecule has 0 spiro atoms. The van der Waals surface area contributed by atoms with E-state index in [9.17, 15) is 9.59 Å². The molecule has 0 saturated heterocycles. The first-order chi connectivity index (χ1) is 11.5. The average molecular weight is 325 g/mol. The zero-order valence-corrected chi connectivity index (χ0v) is 13.3. The summed E-state index contributed by atoms with van der Waals surface area (Å²) in [7, 11) is 0. The molecule has 2 atom stereocenters. The van der Waals surface area contributed by atoms with Gasteiger partial charge in [0.05, 0.1) is 0 Å². The van der Waals surface area contributed by atoms with E-state index in [0.29, 0.717) is 29.0 Å². The van der Waals surface area contributed by atoms with Crippen LogP contribution in [-0.4, -0.2) is 11.9 Å². The summed E-state index contributed by atoms with van der Waals surface area (Å²) in [4.78, 5) is 22.8. The predicted octanol–water partition coefficient (Wildman–Crippen LogP) is 3.55. The first kappa shape index (κ1) is 15.9. The molecule has 1 aliphatic rings. The fourth-order valence-electron chi connectivity index (χ4n) is 2.53. The topological polar surface area (TPSA) is 97.4 Å². The molecule has 1 aromatic carbocycles. The summed E-state index contributed by atoms with van der Waals surface area (Å²) in [5.41, 5.74) is 6.14. The molecule has 0 radical (unpaired) electrons. The summed E-state index contributed by atoms with van der Waals surface area (Å²) in [5.74, 6) is 2.54. The molecule has 124 valence electrons. The number of primary amides is 1. The van der Waals surface area contributed by atoms with E-state index in [2.05, 4.69) is 17.6 Å². The van der Waals surface area contributed by atoms with Crippen LogP contribution < -0.4 is 16.4 Å². The van der Waals surface area contributed by atoms with Crippen LogP contribution in [0.4, 0.5) is 16.2 Å². The predicted molar refractivity (Wildman–Crippen MR) is 92.5 cm³/mol. The molecular formula is C18H19N3O3. The van der Waals surface area contributed by atoms with Crippen LogP contribution in [0.2, 0.25) is 0 Å². The zero-order valence-electron chi connectivity index (χ0n) is 13.3. The standard InChI is InChI=1S/C18H19N3O3/c1-11-9-15(11)16-7-5-14(24-16)6-8-17(22)20-12-3-2-4-13(10-12)21-18(19)23/h2-8,10-11,15H,9H2,1H3,(H,20,22)(H3,19,21,23)/b8-6+. The maximum absolute atomic E-state index is 12.0. The Hall–Kier alpha value is -3.02. The number of rotatable bonds is 5. The van der Waals surface area contributed by atoms with Crippen molar-refractivity contribution in [2.24, 2.45) is 11.7 Å². The Bertz CT molecular complexity index is 794. The third-order valence-electron chi connectivity index (χ3n) is 3.92. The Morgan fingerprint density at radius 1 is 1.21 bits per heavy atom. The molecule has 1 saturated carbocycles. The maximum atomic E-state index is 12.0. The summed E-state index contributed by atoms with van der Waals surface area (Å²) < 4.78 is 5.71. The fraction of sp³-hybridized carbons (Fsp3) is 0.222. The van der Waals surface area contributed by atoms with Crippen molar-refractivity contribution in [2.45, 2.75) is 19.3 Å². The van der Waals surface area contributed by atoms with Gasteiger partial charge in [0.15, 0.2) is 0 Å². The summed E-state index contributed by atoms with van der Waals surface area (Å²) >= 11 is 0. The Labute approximate surface area is 139 Å². The van der Waals surface area contributed by atoms with E-state index in [1.807, 2.05) is 12.1 Å². The van der Waals surface area contributed by atoms with Crippen LogP contribution in [0.15, 0.2) is 46.9 Å². The minimum Gasteiger partial charge on any atom is -0.461 e. The Kier molecular flexibility index (Phi) is 4.37. The lowest BCUT2D eigenvalue weighted by Crippen LogP contribution is -2.19. The van der Waals surface area contributed by atoms with Gasteiger partial charge in [-0.1, -0.05) is 13.0 Å². The smallest absolute Gasteiger partial charge is 0.316 e. The Morgan fingerprint density at radius 2 is 1.92 bits per heavy atom. The van der Waals surface area contributed by atoms with E-state index in [1.165, 1.54) is 6.08 Å². The highest BCUT2D eigenvalue weighted by Gasteiger charge is 2.36. The molecule has 1 aromatic heterocycles. The van der Waals surface area contributed by atoms with Gasteiger partial charge in [-0.2, -0.15) is 0 Å². The van der Waals surface area contributed by atoms with Crippen LogP contribution >= 0.6 is 0 Å². The van der Waals surface area contributed by atoms with E-state index in [-0.39, 0.29) is 5.91 Å². The minimum atomic E-state index is -0.656. The number of amides is 3. The summed E-state index contributed by atoms with van der Waals surface area (Å²) in [6, 6.07) is 9.90. The molecule has 2 aromatic rings.